The Morgan fingerprint density at radius 3 is 2.38 bits per heavy atom. The topological polar surface area (TPSA) is 70.6 Å². The summed E-state index contributed by atoms with van der Waals surface area (Å²) in [5, 5.41) is 10.9. The smallest absolute Gasteiger partial charge is 0.271 e. The van der Waals surface area contributed by atoms with Crippen molar-refractivity contribution in [2.45, 2.75) is 0 Å². The molecule has 1 fully saturated rings. The molecule has 1 amide bonds. The third kappa shape index (κ3) is 4.45. The number of piperazine rings is 1. The zero-order valence-corrected chi connectivity index (χ0v) is 14.7. The van der Waals surface area contributed by atoms with Crippen LogP contribution in [0.4, 0.5) is 15.9 Å². The highest BCUT2D eigenvalue weighted by Crippen LogP contribution is 2.19. The highest BCUT2D eigenvalue weighted by Gasteiger charge is 2.19. The van der Waals surface area contributed by atoms with Gasteiger partial charge in [-0.15, -0.1) is 10.2 Å². The maximum atomic E-state index is 13.0. The first-order chi connectivity index (χ1) is 12.7. The number of nitrogens with one attached hydrogen (secondary N) is 1. The van der Waals surface area contributed by atoms with Crippen molar-refractivity contribution in [2.75, 3.05) is 56.2 Å². The van der Waals surface area contributed by atoms with E-state index in [2.05, 4.69) is 25.3 Å². The van der Waals surface area contributed by atoms with E-state index in [-0.39, 0.29) is 17.4 Å². The third-order valence-electron chi connectivity index (χ3n) is 4.27. The van der Waals surface area contributed by atoms with Crippen molar-refractivity contribution in [1.82, 2.24) is 15.5 Å². The number of carbonyl (C=O) groups excluding carboxylic acids is 1. The molecule has 1 saturated heterocycles. The van der Waals surface area contributed by atoms with Gasteiger partial charge < -0.3 is 19.9 Å². The first kappa shape index (κ1) is 18.1. The van der Waals surface area contributed by atoms with E-state index in [1.54, 1.807) is 25.3 Å². The lowest BCUT2D eigenvalue weighted by Gasteiger charge is -2.36. The lowest BCUT2D eigenvalue weighted by molar-refractivity contribution is 0.0931. The summed E-state index contributed by atoms with van der Waals surface area (Å²) in [6.07, 6.45) is 0. The van der Waals surface area contributed by atoms with Gasteiger partial charge in [0.1, 0.15) is 5.82 Å². The highest BCUT2D eigenvalue weighted by molar-refractivity contribution is 5.92. The van der Waals surface area contributed by atoms with Gasteiger partial charge in [0, 0.05) is 45.5 Å². The predicted octanol–water partition coefficient (Wildman–Crippen LogP) is 1.32. The number of halogens is 1. The zero-order chi connectivity index (χ0) is 18.4. The van der Waals surface area contributed by atoms with Crippen molar-refractivity contribution in [3.05, 3.63) is 47.9 Å². The van der Waals surface area contributed by atoms with Crippen molar-refractivity contribution in [1.29, 1.82) is 0 Å². The number of nitrogens with zero attached hydrogens (tertiary/aromatic N) is 4. The van der Waals surface area contributed by atoms with Crippen LogP contribution < -0.4 is 15.1 Å². The second-order valence-electron chi connectivity index (χ2n) is 5.98. The van der Waals surface area contributed by atoms with Crippen molar-refractivity contribution >= 4 is 17.4 Å². The Hall–Kier alpha value is -2.74. The molecule has 1 aromatic carbocycles. The largest absolute Gasteiger partial charge is 0.383 e. The predicted molar refractivity (Wildman–Crippen MR) is 97.1 cm³/mol. The molecule has 0 spiro atoms. The van der Waals surface area contributed by atoms with E-state index < -0.39 is 0 Å². The summed E-state index contributed by atoms with van der Waals surface area (Å²) in [6, 6.07) is 10.0. The summed E-state index contributed by atoms with van der Waals surface area (Å²) in [7, 11) is 1.58. The number of aromatic nitrogens is 2. The van der Waals surface area contributed by atoms with Gasteiger partial charge in [-0.25, -0.2) is 4.39 Å². The third-order valence-corrected chi connectivity index (χ3v) is 4.27. The first-order valence-electron chi connectivity index (χ1n) is 8.53. The fourth-order valence-corrected chi connectivity index (χ4v) is 2.82. The number of carbonyl (C=O) groups is 1. The standard InChI is InChI=1S/C18H22FN5O2/c1-26-13-8-20-18(25)16-6-7-17(22-21-16)24-11-9-23(10-12-24)15-4-2-14(19)3-5-15/h2-7H,8-13H2,1H3,(H,20,25). The Labute approximate surface area is 151 Å². The minimum atomic E-state index is -0.262. The molecular formula is C18H22FN5O2. The maximum absolute atomic E-state index is 13.0. The fraction of sp³-hybridized carbons (Fsp3) is 0.389. The Bertz CT molecular complexity index is 715. The van der Waals surface area contributed by atoms with Crippen molar-refractivity contribution < 1.29 is 13.9 Å². The van der Waals surface area contributed by atoms with Crippen LogP contribution in [-0.2, 0) is 4.74 Å². The van der Waals surface area contributed by atoms with E-state index >= 15 is 0 Å². The Morgan fingerprint density at radius 2 is 1.77 bits per heavy atom. The van der Waals surface area contributed by atoms with Gasteiger partial charge in [0.05, 0.1) is 6.61 Å². The van der Waals surface area contributed by atoms with Gasteiger partial charge in [-0.05, 0) is 36.4 Å². The lowest BCUT2D eigenvalue weighted by atomic mass is 10.2. The summed E-state index contributed by atoms with van der Waals surface area (Å²) < 4.78 is 17.9. The van der Waals surface area contributed by atoms with Gasteiger partial charge in [0.2, 0.25) is 0 Å². The van der Waals surface area contributed by atoms with Crippen molar-refractivity contribution in [3.63, 3.8) is 0 Å². The van der Waals surface area contributed by atoms with Crippen LogP contribution in [0.2, 0.25) is 0 Å². The van der Waals surface area contributed by atoms with Crippen LogP contribution in [0, 0.1) is 5.82 Å². The molecule has 2 aromatic rings. The molecule has 1 aliphatic rings. The van der Waals surface area contributed by atoms with E-state index in [0.717, 1.165) is 37.7 Å². The Morgan fingerprint density at radius 1 is 1.08 bits per heavy atom. The minimum absolute atomic E-state index is 0.228. The van der Waals surface area contributed by atoms with E-state index in [4.69, 9.17) is 4.74 Å². The van der Waals surface area contributed by atoms with Gasteiger partial charge in [-0.2, -0.15) is 0 Å². The monoisotopic (exact) mass is 359 g/mol. The number of ether oxygens (including phenoxy) is 1. The van der Waals surface area contributed by atoms with Crippen molar-refractivity contribution in [2.24, 2.45) is 0 Å². The zero-order valence-electron chi connectivity index (χ0n) is 14.7. The number of hydrogen-bond donors (Lipinski definition) is 1. The second-order valence-corrected chi connectivity index (χ2v) is 5.98. The van der Waals surface area contributed by atoms with Crippen LogP contribution in [0.1, 0.15) is 10.5 Å². The first-order valence-corrected chi connectivity index (χ1v) is 8.53. The fourth-order valence-electron chi connectivity index (χ4n) is 2.82. The Kier molecular flexibility index (Phi) is 5.96. The molecule has 1 aromatic heterocycles. The molecule has 8 heteroatoms. The van der Waals surface area contributed by atoms with Gasteiger partial charge in [-0.3, -0.25) is 4.79 Å². The normalized spacial score (nSPS) is 14.4. The van der Waals surface area contributed by atoms with Gasteiger partial charge in [0.25, 0.3) is 5.91 Å². The summed E-state index contributed by atoms with van der Waals surface area (Å²) in [6.45, 7) is 4.08. The number of hydrogen-bond acceptors (Lipinski definition) is 6. The molecule has 26 heavy (non-hydrogen) atoms. The van der Waals surface area contributed by atoms with Crippen LogP contribution in [-0.4, -0.2) is 62.5 Å². The number of rotatable bonds is 6. The molecule has 0 atom stereocenters. The number of anilines is 2. The number of benzene rings is 1. The molecule has 0 aliphatic carbocycles. The lowest BCUT2D eigenvalue weighted by Crippen LogP contribution is -2.47. The van der Waals surface area contributed by atoms with Gasteiger partial charge in [-0.1, -0.05) is 0 Å². The van der Waals surface area contributed by atoms with Crippen LogP contribution in [0.3, 0.4) is 0 Å². The van der Waals surface area contributed by atoms with E-state index in [1.807, 2.05) is 6.07 Å². The molecular weight excluding hydrogens is 337 g/mol. The van der Waals surface area contributed by atoms with Crippen LogP contribution in [0.25, 0.3) is 0 Å². The molecule has 0 radical (unpaired) electrons. The quantitative estimate of drug-likeness (QED) is 0.785. The highest BCUT2D eigenvalue weighted by atomic mass is 19.1. The molecule has 0 bridgehead atoms. The van der Waals surface area contributed by atoms with Crippen LogP contribution in [0.5, 0.6) is 0 Å². The molecule has 2 heterocycles. The second kappa shape index (κ2) is 8.57. The average molecular weight is 359 g/mol. The maximum Gasteiger partial charge on any atom is 0.271 e. The van der Waals surface area contributed by atoms with Gasteiger partial charge >= 0.3 is 0 Å². The number of amides is 1. The van der Waals surface area contributed by atoms with E-state index in [0.29, 0.717) is 13.2 Å². The van der Waals surface area contributed by atoms with Crippen LogP contribution in [0.15, 0.2) is 36.4 Å². The van der Waals surface area contributed by atoms with Gasteiger partial charge in [0.15, 0.2) is 11.5 Å². The number of methoxy groups -OCH3 is 1. The molecule has 0 unspecified atom stereocenters. The summed E-state index contributed by atoms with van der Waals surface area (Å²) >= 11 is 0. The van der Waals surface area contributed by atoms with E-state index in [1.165, 1.54) is 12.1 Å². The summed E-state index contributed by atoms with van der Waals surface area (Å²) in [5.74, 6) is 0.258. The van der Waals surface area contributed by atoms with Crippen molar-refractivity contribution in [3.8, 4) is 0 Å². The van der Waals surface area contributed by atoms with E-state index in [9.17, 15) is 9.18 Å². The molecule has 7 nitrogen and oxygen atoms in total. The minimum Gasteiger partial charge on any atom is -0.383 e. The summed E-state index contributed by atoms with van der Waals surface area (Å²) in [5.41, 5.74) is 1.30. The molecule has 1 aliphatic heterocycles. The average Bonchev–Trinajstić information content (AvgIpc) is 2.69. The summed E-state index contributed by atoms with van der Waals surface area (Å²) in [4.78, 5) is 16.2. The SMILES string of the molecule is COCCNC(=O)c1ccc(N2CCN(c3ccc(F)cc3)CC2)nn1. The van der Waals surface area contributed by atoms with Crippen LogP contribution >= 0.6 is 0 Å². The molecule has 1 N–H and O–H groups in total. The molecule has 138 valence electrons. The molecule has 3 rings (SSSR count). The molecule has 0 saturated carbocycles. The Balaban J connectivity index is 1.54.